The number of rotatable bonds is 2. The molecule has 0 aromatic heterocycles. The summed E-state index contributed by atoms with van der Waals surface area (Å²) in [6.45, 7) is 4.30. The van der Waals surface area contributed by atoms with Crippen LogP contribution in [0, 0.1) is 17.3 Å². The molecule has 0 aromatic carbocycles. The number of esters is 1. The van der Waals surface area contributed by atoms with E-state index < -0.39 is 0 Å². The minimum absolute atomic E-state index is 0.159. The molecule has 2 aliphatic rings. The van der Waals surface area contributed by atoms with E-state index in [4.69, 9.17) is 4.74 Å². The minimum Gasteiger partial charge on any atom is -0.465 e. The number of hydrogen-bond acceptors (Lipinski definition) is 2. The smallest absolute Gasteiger partial charge is 0.302 e. The fourth-order valence-electron chi connectivity index (χ4n) is 2.63. The van der Waals surface area contributed by atoms with Gasteiger partial charge in [0, 0.05) is 12.3 Å². The topological polar surface area (TPSA) is 26.3 Å². The molecule has 0 radical (unpaired) electrons. The van der Waals surface area contributed by atoms with Crippen LogP contribution in [0.25, 0.3) is 0 Å². The van der Waals surface area contributed by atoms with Gasteiger partial charge < -0.3 is 4.74 Å². The fourth-order valence-corrected chi connectivity index (χ4v) is 2.63. The first kappa shape index (κ1) is 8.79. The average Bonchev–Trinajstić information content (AvgIpc) is 2.60. The maximum atomic E-state index is 10.7. The van der Waals surface area contributed by atoms with E-state index >= 15 is 0 Å². The second-order valence-electron chi connectivity index (χ2n) is 4.63. The van der Waals surface area contributed by atoms with Crippen molar-refractivity contribution in [3.8, 4) is 0 Å². The summed E-state index contributed by atoms with van der Waals surface area (Å²) in [4.78, 5) is 10.7. The standard InChI is InChI=1S/C11H16O2/c1-8(12)13-7-11(2)6-9-3-4-10(11)5-9/h3-4,9-10H,5-7H2,1-2H3. The first-order valence-electron chi connectivity index (χ1n) is 4.92. The minimum atomic E-state index is -0.159. The van der Waals surface area contributed by atoms with Crippen LogP contribution in [0.2, 0.25) is 0 Å². The third-order valence-electron chi connectivity index (χ3n) is 3.40. The zero-order valence-corrected chi connectivity index (χ0v) is 8.25. The van der Waals surface area contributed by atoms with Crippen LogP contribution >= 0.6 is 0 Å². The summed E-state index contributed by atoms with van der Waals surface area (Å²) < 4.78 is 5.11. The molecular formula is C11H16O2. The highest BCUT2D eigenvalue weighted by molar-refractivity contribution is 5.65. The zero-order chi connectivity index (χ0) is 9.47. The number of hydrogen-bond donors (Lipinski definition) is 0. The van der Waals surface area contributed by atoms with Crippen LogP contribution in [0.15, 0.2) is 12.2 Å². The normalized spacial score (nSPS) is 41.1. The number of ether oxygens (including phenoxy) is 1. The molecule has 1 fully saturated rings. The van der Waals surface area contributed by atoms with Crippen molar-refractivity contribution in [2.75, 3.05) is 6.61 Å². The summed E-state index contributed by atoms with van der Waals surface area (Å²) in [5.41, 5.74) is 0.213. The van der Waals surface area contributed by atoms with Crippen molar-refractivity contribution in [2.45, 2.75) is 26.7 Å². The number of carbonyl (C=O) groups is 1. The Balaban J connectivity index is 1.98. The molecule has 1 saturated carbocycles. The lowest BCUT2D eigenvalue weighted by atomic mass is 9.78. The highest BCUT2D eigenvalue weighted by Gasteiger charge is 2.45. The Morgan fingerprint density at radius 1 is 1.62 bits per heavy atom. The molecule has 0 aliphatic heterocycles. The van der Waals surface area contributed by atoms with Crippen molar-refractivity contribution >= 4 is 5.97 Å². The summed E-state index contributed by atoms with van der Waals surface area (Å²) in [6.07, 6.45) is 7.04. The molecule has 2 bridgehead atoms. The van der Waals surface area contributed by atoms with E-state index in [9.17, 15) is 4.79 Å². The van der Waals surface area contributed by atoms with E-state index in [0.717, 1.165) is 5.92 Å². The van der Waals surface area contributed by atoms with Gasteiger partial charge in [-0.1, -0.05) is 19.1 Å². The van der Waals surface area contributed by atoms with Gasteiger partial charge in [0.05, 0.1) is 6.61 Å². The van der Waals surface area contributed by atoms with Gasteiger partial charge >= 0.3 is 5.97 Å². The number of carbonyl (C=O) groups excluding carboxylic acids is 1. The van der Waals surface area contributed by atoms with Crippen LogP contribution in [-0.2, 0) is 9.53 Å². The molecule has 0 spiro atoms. The van der Waals surface area contributed by atoms with E-state index in [2.05, 4.69) is 19.1 Å². The van der Waals surface area contributed by atoms with Gasteiger partial charge in [0.15, 0.2) is 0 Å². The summed E-state index contributed by atoms with van der Waals surface area (Å²) >= 11 is 0. The lowest BCUT2D eigenvalue weighted by molar-refractivity contribution is -0.144. The molecule has 0 aromatic rings. The van der Waals surface area contributed by atoms with Gasteiger partial charge in [0.2, 0.25) is 0 Å². The predicted octanol–water partition coefficient (Wildman–Crippen LogP) is 2.15. The highest BCUT2D eigenvalue weighted by Crippen LogP contribution is 2.51. The predicted molar refractivity (Wildman–Crippen MR) is 50.1 cm³/mol. The molecule has 3 atom stereocenters. The van der Waals surface area contributed by atoms with E-state index in [0.29, 0.717) is 12.5 Å². The SMILES string of the molecule is CC(=O)OCC1(C)CC2C=CC1C2. The Kier molecular flexibility index (Phi) is 1.94. The third kappa shape index (κ3) is 1.50. The van der Waals surface area contributed by atoms with Crippen LogP contribution in [0.3, 0.4) is 0 Å². The Labute approximate surface area is 79.0 Å². The van der Waals surface area contributed by atoms with Gasteiger partial charge in [-0.25, -0.2) is 0 Å². The molecule has 2 heteroatoms. The summed E-state index contributed by atoms with van der Waals surface area (Å²) in [5, 5.41) is 0. The van der Waals surface area contributed by atoms with Crippen molar-refractivity contribution in [1.82, 2.24) is 0 Å². The molecule has 0 amide bonds. The van der Waals surface area contributed by atoms with Gasteiger partial charge in [-0.2, -0.15) is 0 Å². The maximum absolute atomic E-state index is 10.7. The number of allylic oxidation sites excluding steroid dienone is 2. The Morgan fingerprint density at radius 2 is 2.38 bits per heavy atom. The van der Waals surface area contributed by atoms with Crippen molar-refractivity contribution in [2.24, 2.45) is 17.3 Å². The summed E-state index contributed by atoms with van der Waals surface area (Å²) in [6, 6.07) is 0. The largest absolute Gasteiger partial charge is 0.465 e. The Bertz CT molecular complexity index is 257. The van der Waals surface area contributed by atoms with E-state index in [1.165, 1.54) is 19.8 Å². The second-order valence-corrected chi connectivity index (χ2v) is 4.63. The Hall–Kier alpha value is -0.790. The average molecular weight is 180 g/mol. The quantitative estimate of drug-likeness (QED) is 0.481. The fraction of sp³-hybridized carbons (Fsp3) is 0.727. The van der Waals surface area contributed by atoms with E-state index in [1.807, 2.05) is 0 Å². The number of fused-ring (bicyclic) bond motifs is 2. The van der Waals surface area contributed by atoms with Gasteiger partial charge in [-0.15, -0.1) is 0 Å². The van der Waals surface area contributed by atoms with Crippen LogP contribution in [0.4, 0.5) is 0 Å². The van der Waals surface area contributed by atoms with Gasteiger partial charge in [0.25, 0.3) is 0 Å². The first-order chi connectivity index (χ1) is 6.10. The van der Waals surface area contributed by atoms with Crippen molar-refractivity contribution < 1.29 is 9.53 Å². The highest BCUT2D eigenvalue weighted by atomic mass is 16.5. The molecule has 2 nitrogen and oxygen atoms in total. The van der Waals surface area contributed by atoms with Crippen LogP contribution in [0.1, 0.15) is 26.7 Å². The molecule has 0 N–H and O–H groups in total. The lowest BCUT2D eigenvalue weighted by Gasteiger charge is -2.30. The van der Waals surface area contributed by atoms with Crippen LogP contribution in [0.5, 0.6) is 0 Å². The summed E-state index contributed by atoms with van der Waals surface area (Å²) in [5.74, 6) is 1.22. The first-order valence-corrected chi connectivity index (χ1v) is 4.92. The molecule has 2 rings (SSSR count). The van der Waals surface area contributed by atoms with Crippen molar-refractivity contribution in [3.63, 3.8) is 0 Å². The van der Waals surface area contributed by atoms with E-state index in [-0.39, 0.29) is 11.4 Å². The maximum Gasteiger partial charge on any atom is 0.302 e. The van der Waals surface area contributed by atoms with Gasteiger partial charge in [0.1, 0.15) is 0 Å². The second kappa shape index (κ2) is 2.86. The van der Waals surface area contributed by atoms with Crippen LogP contribution < -0.4 is 0 Å². The Morgan fingerprint density at radius 3 is 2.85 bits per heavy atom. The molecule has 2 aliphatic carbocycles. The molecule has 13 heavy (non-hydrogen) atoms. The third-order valence-corrected chi connectivity index (χ3v) is 3.40. The van der Waals surface area contributed by atoms with Gasteiger partial charge in [-0.3, -0.25) is 4.79 Å². The lowest BCUT2D eigenvalue weighted by Crippen LogP contribution is -2.28. The van der Waals surface area contributed by atoms with Crippen molar-refractivity contribution in [3.05, 3.63) is 12.2 Å². The van der Waals surface area contributed by atoms with Crippen molar-refractivity contribution in [1.29, 1.82) is 0 Å². The molecule has 72 valence electrons. The molecule has 0 heterocycles. The van der Waals surface area contributed by atoms with Crippen LogP contribution in [-0.4, -0.2) is 12.6 Å². The van der Waals surface area contributed by atoms with E-state index in [1.54, 1.807) is 0 Å². The zero-order valence-electron chi connectivity index (χ0n) is 8.25. The van der Waals surface area contributed by atoms with Gasteiger partial charge in [-0.05, 0) is 24.7 Å². The molecule has 3 unspecified atom stereocenters. The summed E-state index contributed by atoms with van der Waals surface area (Å²) in [7, 11) is 0. The monoisotopic (exact) mass is 180 g/mol. The molecular weight excluding hydrogens is 164 g/mol. The molecule has 0 saturated heterocycles.